The van der Waals surface area contributed by atoms with Gasteiger partial charge in [0.05, 0.1) is 0 Å². The minimum Gasteiger partial charge on any atom is -0.512 e. The molecule has 3 aliphatic carbocycles. The van der Waals surface area contributed by atoms with Gasteiger partial charge in [0.15, 0.2) is 14.1 Å². The van der Waals surface area contributed by atoms with Crippen LogP contribution in [0.15, 0.2) is 0 Å². The van der Waals surface area contributed by atoms with Crippen LogP contribution in [0.2, 0.25) is 19.6 Å². The van der Waals surface area contributed by atoms with Gasteiger partial charge >= 0.3 is 41.7 Å². The summed E-state index contributed by atoms with van der Waals surface area (Å²) < 4.78 is 22.2. The molecular formula is C44H82BN7NaO6Si. The van der Waals surface area contributed by atoms with Crippen LogP contribution in [0.1, 0.15) is 114 Å². The number of likely N-dealkylation sites (tertiary alicyclic amines) is 4. The Morgan fingerprint density at radius 2 is 1.23 bits per heavy atom. The first kappa shape index (κ1) is 55.2. The summed E-state index contributed by atoms with van der Waals surface area (Å²) in [7, 11) is -1.39. The van der Waals surface area contributed by atoms with Gasteiger partial charge in [-0.3, -0.25) is 9.80 Å². The Bertz CT molecular complexity index is 1340. The largest absolute Gasteiger partial charge is 1.00 e. The third kappa shape index (κ3) is 16.6. The molecule has 6 heterocycles. The molecule has 9 fully saturated rings. The fraction of sp³-hybridized carbons (Fsp3) is 0.932. The van der Waals surface area contributed by atoms with Crippen LogP contribution >= 0.6 is 0 Å². The van der Waals surface area contributed by atoms with Crippen LogP contribution < -0.4 is 40.2 Å². The van der Waals surface area contributed by atoms with Crippen molar-refractivity contribution in [3.05, 3.63) is 6.57 Å². The summed E-state index contributed by atoms with van der Waals surface area (Å²) in [5.74, 6) is 2.16. The molecule has 13 nitrogen and oxygen atoms in total. The van der Waals surface area contributed by atoms with Gasteiger partial charge in [0, 0.05) is 90.8 Å². The van der Waals surface area contributed by atoms with Crippen LogP contribution in [0.25, 0.3) is 0 Å². The van der Waals surface area contributed by atoms with Crippen LogP contribution in [0, 0.1) is 29.6 Å². The Morgan fingerprint density at radius 1 is 0.733 bits per heavy atom. The molecule has 9 aliphatic rings. The van der Waals surface area contributed by atoms with E-state index in [4.69, 9.17) is 30.5 Å². The zero-order valence-corrected chi connectivity index (χ0v) is 41.8. The molecule has 0 bridgehead atoms. The van der Waals surface area contributed by atoms with Crippen molar-refractivity contribution in [1.29, 1.82) is 5.26 Å². The third-order valence-corrected chi connectivity index (χ3v) is 13.3. The van der Waals surface area contributed by atoms with Crippen molar-refractivity contribution >= 4 is 28.9 Å². The normalized spacial score (nSPS) is 29.7. The van der Waals surface area contributed by atoms with Gasteiger partial charge in [-0.1, -0.05) is 7.43 Å². The Morgan fingerprint density at radius 3 is 1.70 bits per heavy atom. The molecular weight excluding hydrogens is 784 g/mol. The van der Waals surface area contributed by atoms with Crippen LogP contribution in [0.3, 0.4) is 0 Å². The van der Waals surface area contributed by atoms with Gasteiger partial charge in [-0.2, -0.15) is 0 Å². The van der Waals surface area contributed by atoms with E-state index in [-0.39, 0.29) is 74.6 Å². The topological polar surface area (TPSA) is 132 Å². The van der Waals surface area contributed by atoms with Crippen molar-refractivity contribution in [2.75, 3.05) is 65.5 Å². The standard InChI is InChI=1S/C14H24N2O2.C11H20N2O2.C9H16N2.C8H18O2Si.CN.CH4.B.Na/c1-14(2,3)18-13(17)15-8-10-6-7-16(11-4-5-11)12(10)9-15;1-11(2,3)15-10(14)13-6-8-4-5-12-9(8)7-13;1-2-8(1)11-4-3-7-5-10-6-9(7)11;1-5-9-8(6-7-8)10-11(2,3)4;1-2;;;/h10-12H,4-9H2,1-3H3;8-9,12H,4-7H2,1-3H3;7-10H,1-6H2;5-7H2,1-4H3;;1H4;;/q;;;;-1;;;+1/t10-,12+;8-,9+;7-,9+;;;;;/m111...../s1. The summed E-state index contributed by atoms with van der Waals surface area (Å²) in [5.41, 5.74) is -0.771. The quantitative estimate of drug-likeness (QED) is 0.231. The first-order valence-electron chi connectivity index (χ1n) is 22.3. The SMILES string of the molecule is C.C1CC1N1CC[C@@H]2CNC[C@@H]21.CC(C)(C)OC(=O)N1C[C@H]2CCN(C3CC3)[C@H]2C1.CC(C)(C)OC(=O)N1C[C@H]2CCN[C@H]2C1.CCOC1(O[Si](C)(C)C)CC1.[B].[C-]#N.[Na+]. The molecule has 0 aromatic heterocycles. The monoisotopic (exact) mass is 867 g/mol. The fourth-order valence-corrected chi connectivity index (χ4v) is 11.0. The molecule has 6 aliphatic heterocycles. The number of hydrogen-bond donors (Lipinski definition) is 2. The summed E-state index contributed by atoms with van der Waals surface area (Å²) in [6.07, 6.45) is 11.4. The summed E-state index contributed by atoms with van der Waals surface area (Å²) in [6, 6.07) is 3.83. The Kier molecular flexibility index (Phi) is 21.5. The first-order valence-corrected chi connectivity index (χ1v) is 25.7. The summed E-state index contributed by atoms with van der Waals surface area (Å²) >= 11 is 0. The van der Waals surface area contributed by atoms with Crippen LogP contribution in [0.4, 0.5) is 9.59 Å². The maximum Gasteiger partial charge on any atom is 1.00 e. The molecule has 0 spiro atoms. The Balaban J connectivity index is 0.000000272. The van der Waals surface area contributed by atoms with Crippen molar-refractivity contribution in [3.8, 4) is 0 Å². The van der Waals surface area contributed by atoms with Crippen molar-refractivity contribution in [3.63, 3.8) is 0 Å². The second kappa shape index (κ2) is 23.3. The van der Waals surface area contributed by atoms with E-state index in [1.165, 1.54) is 71.1 Å². The molecule has 9 rings (SSSR count). The predicted molar refractivity (Wildman–Crippen MR) is 237 cm³/mol. The van der Waals surface area contributed by atoms with Crippen LogP contribution in [0.5, 0.6) is 0 Å². The number of ether oxygens (including phenoxy) is 3. The van der Waals surface area contributed by atoms with Gasteiger partial charge in [-0.25, -0.2) is 9.59 Å². The molecule has 3 saturated carbocycles. The molecule has 3 radical (unpaired) electrons. The van der Waals surface area contributed by atoms with Gasteiger partial charge in [-0.05, 0) is 157 Å². The Hall–Kier alpha value is -0.928. The molecule has 60 heavy (non-hydrogen) atoms. The zero-order valence-electron chi connectivity index (χ0n) is 38.8. The van der Waals surface area contributed by atoms with Gasteiger partial charge < -0.3 is 50.9 Å². The average molecular weight is 867 g/mol. The average Bonchev–Trinajstić information content (AvgIpc) is 3.98. The minimum absolute atomic E-state index is 0. The van der Waals surface area contributed by atoms with E-state index < -0.39 is 8.32 Å². The zero-order chi connectivity index (χ0) is 41.8. The third-order valence-electron chi connectivity index (χ3n) is 12.3. The van der Waals surface area contributed by atoms with E-state index >= 15 is 0 Å². The molecule has 16 heteroatoms. The van der Waals surface area contributed by atoms with E-state index in [0.717, 1.165) is 76.2 Å². The molecule has 0 aromatic carbocycles. The van der Waals surface area contributed by atoms with E-state index in [2.05, 4.69) is 40.1 Å². The molecule has 0 unspecified atom stereocenters. The van der Waals surface area contributed by atoms with Gasteiger partial charge in [-0.15, -0.1) is 0 Å². The second-order valence-electron chi connectivity index (χ2n) is 20.8. The van der Waals surface area contributed by atoms with Crippen molar-refractivity contribution < 1.29 is 57.8 Å². The molecule has 6 atom stereocenters. The number of amides is 2. The molecule has 2 N–H and O–H groups in total. The molecule has 6 saturated heterocycles. The maximum atomic E-state index is 12.1. The maximum absolute atomic E-state index is 12.1. The fourth-order valence-electron chi connectivity index (χ4n) is 9.60. The first-order chi connectivity index (χ1) is 26.8. The summed E-state index contributed by atoms with van der Waals surface area (Å²) in [6.45, 7) is 35.3. The van der Waals surface area contributed by atoms with Gasteiger partial charge in [0.2, 0.25) is 0 Å². The number of nitrogens with zero attached hydrogens (tertiary/aromatic N) is 5. The van der Waals surface area contributed by atoms with Crippen molar-refractivity contribution in [1.82, 2.24) is 30.2 Å². The number of carbonyl (C=O) groups excluding carboxylic acids is 2. The number of nitrogens with one attached hydrogen (secondary N) is 2. The number of rotatable bonds is 6. The van der Waals surface area contributed by atoms with Crippen LogP contribution in [-0.4, -0.2) is 161 Å². The second-order valence-corrected chi connectivity index (χ2v) is 25.2. The van der Waals surface area contributed by atoms with Crippen molar-refractivity contribution in [2.24, 2.45) is 17.8 Å². The summed E-state index contributed by atoms with van der Waals surface area (Å²) in [5, 5.41) is 13.2. The smallest absolute Gasteiger partial charge is 0.512 e. The number of fused-ring (bicyclic) bond motifs is 3. The van der Waals surface area contributed by atoms with E-state index in [1.807, 2.05) is 58.3 Å². The van der Waals surface area contributed by atoms with Gasteiger partial charge in [0.1, 0.15) is 11.2 Å². The summed E-state index contributed by atoms with van der Waals surface area (Å²) in [4.78, 5) is 33.0. The van der Waals surface area contributed by atoms with Gasteiger partial charge in [0.25, 0.3) is 0 Å². The number of hydrogen-bond acceptors (Lipinski definition) is 11. The van der Waals surface area contributed by atoms with E-state index in [9.17, 15) is 9.59 Å². The number of carbonyl (C=O) groups is 2. The Labute approximate surface area is 390 Å². The molecule has 2 amide bonds. The van der Waals surface area contributed by atoms with Crippen LogP contribution in [-0.2, 0) is 18.6 Å². The molecule has 337 valence electrons. The van der Waals surface area contributed by atoms with Crippen molar-refractivity contribution in [2.45, 2.75) is 181 Å². The van der Waals surface area contributed by atoms with E-state index in [1.54, 1.807) is 0 Å². The van der Waals surface area contributed by atoms with E-state index in [0.29, 0.717) is 23.9 Å². The molecule has 0 aromatic rings. The minimum atomic E-state index is -1.39. The predicted octanol–water partition coefficient (Wildman–Crippen LogP) is 3.47.